The van der Waals surface area contributed by atoms with Crippen LogP contribution in [0.3, 0.4) is 0 Å². The van der Waals surface area contributed by atoms with E-state index >= 15 is 0 Å². The normalized spacial score (nSPS) is 16.2. The van der Waals surface area contributed by atoms with Gasteiger partial charge in [0, 0.05) is 8.80 Å². The summed E-state index contributed by atoms with van der Waals surface area (Å²) in [6.07, 6.45) is 15.9. The van der Waals surface area contributed by atoms with Crippen LogP contribution in [-0.2, 0) is 6.42 Å². The molecule has 0 unspecified atom stereocenters. The topological polar surface area (TPSA) is 9.23 Å². The second kappa shape index (κ2) is 12.6. The number of hydrogen-bond donors (Lipinski definition) is 0. The van der Waals surface area contributed by atoms with Gasteiger partial charge in [0.05, 0.1) is 7.11 Å². The first-order chi connectivity index (χ1) is 12.3. The van der Waals surface area contributed by atoms with Gasteiger partial charge >= 0.3 is 0 Å². The third-order valence-corrected chi connectivity index (χ3v) is 8.99. The van der Waals surface area contributed by atoms with Crippen molar-refractivity contribution in [2.24, 2.45) is 5.92 Å². The van der Waals surface area contributed by atoms with E-state index in [2.05, 4.69) is 31.2 Å². The average molecular weight is 360 g/mol. The lowest BCUT2D eigenvalue weighted by atomic mass is 9.95. The molecule has 1 fully saturated rings. The van der Waals surface area contributed by atoms with Gasteiger partial charge in [0.15, 0.2) is 0 Å². The van der Waals surface area contributed by atoms with Crippen LogP contribution >= 0.6 is 0 Å². The molecule has 25 heavy (non-hydrogen) atoms. The Balaban J connectivity index is 1.49. The van der Waals surface area contributed by atoms with Crippen molar-refractivity contribution in [3.63, 3.8) is 0 Å². The molecule has 1 radical (unpaired) electrons. The monoisotopic (exact) mass is 359 g/mol. The van der Waals surface area contributed by atoms with Crippen molar-refractivity contribution in [3.8, 4) is 5.75 Å². The fourth-order valence-corrected chi connectivity index (χ4v) is 7.29. The highest BCUT2D eigenvalue weighted by Crippen LogP contribution is 2.31. The molecule has 1 aromatic rings. The fraction of sp³-hybridized carbons (Fsp3) is 0.739. The molecule has 141 valence electrons. The summed E-state index contributed by atoms with van der Waals surface area (Å²) in [7, 11) is 1.78. The Morgan fingerprint density at radius 3 is 2.32 bits per heavy atom. The molecule has 0 aromatic heterocycles. The first kappa shape index (κ1) is 20.5. The van der Waals surface area contributed by atoms with Crippen LogP contribution in [0.25, 0.3) is 0 Å². The average Bonchev–Trinajstić information content (AvgIpc) is 2.66. The zero-order valence-corrected chi connectivity index (χ0v) is 17.7. The smallest absolute Gasteiger partial charge is 0.118 e. The highest BCUT2D eigenvalue weighted by atomic mass is 28.3. The summed E-state index contributed by atoms with van der Waals surface area (Å²) >= 11 is 0. The largest absolute Gasteiger partial charge is 0.497 e. The Kier molecular flexibility index (Phi) is 10.3. The highest BCUT2D eigenvalue weighted by molar-refractivity contribution is 6.58. The van der Waals surface area contributed by atoms with E-state index in [9.17, 15) is 0 Å². The maximum Gasteiger partial charge on any atom is 0.118 e. The lowest BCUT2D eigenvalue weighted by Crippen LogP contribution is -2.21. The second-order valence-corrected chi connectivity index (χ2v) is 11.0. The van der Waals surface area contributed by atoms with E-state index in [4.69, 9.17) is 4.74 Å². The molecule has 1 heterocycles. The molecule has 1 aliphatic rings. The Hall–Kier alpha value is -0.763. The van der Waals surface area contributed by atoms with E-state index in [0.717, 1.165) is 11.7 Å². The summed E-state index contributed by atoms with van der Waals surface area (Å²) < 4.78 is 5.23. The van der Waals surface area contributed by atoms with Crippen LogP contribution in [0.15, 0.2) is 24.3 Å². The van der Waals surface area contributed by atoms with Crippen LogP contribution in [-0.4, -0.2) is 15.9 Å². The molecule has 2 heteroatoms. The first-order valence-corrected chi connectivity index (χ1v) is 12.9. The van der Waals surface area contributed by atoms with E-state index in [1.54, 1.807) is 38.1 Å². The van der Waals surface area contributed by atoms with Crippen LogP contribution in [0.4, 0.5) is 0 Å². The van der Waals surface area contributed by atoms with Crippen LogP contribution in [0.1, 0.15) is 76.7 Å². The molecule has 0 bridgehead atoms. The van der Waals surface area contributed by atoms with Gasteiger partial charge in [-0.15, -0.1) is 0 Å². The third kappa shape index (κ3) is 8.44. The molecule has 0 N–H and O–H groups in total. The zero-order chi connectivity index (χ0) is 17.7. The summed E-state index contributed by atoms with van der Waals surface area (Å²) in [5.41, 5.74) is 1.46. The summed E-state index contributed by atoms with van der Waals surface area (Å²) in [5.74, 6) is 2.01. The van der Waals surface area contributed by atoms with Gasteiger partial charge < -0.3 is 4.74 Å². The number of aryl methyl sites for hydroxylation is 1. The van der Waals surface area contributed by atoms with Crippen molar-refractivity contribution in [1.82, 2.24) is 0 Å². The number of rotatable bonds is 12. The van der Waals surface area contributed by atoms with Gasteiger partial charge in [-0.2, -0.15) is 0 Å². The van der Waals surface area contributed by atoms with Gasteiger partial charge in [0.1, 0.15) is 5.75 Å². The van der Waals surface area contributed by atoms with E-state index < -0.39 is 0 Å². The van der Waals surface area contributed by atoms with Crippen molar-refractivity contribution < 1.29 is 4.74 Å². The quantitative estimate of drug-likeness (QED) is 0.281. The minimum absolute atomic E-state index is 0.0414. The second-order valence-electron chi connectivity index (χ2n) is 7.95. The summed E-state index contributed by atoms with van der Waals surface area (Å²) in [5, 5.41) is 0. The highest BCUT2D eigenvalue weighted by Gasteiger charge is 2.21. The lowest BCUT2D eigenvalue weighted by Gasteiger charge is -2.27. The number of hydrogen-bond acceptors (Lipinski definition) is 1. The van der Waals surface area contributed by atoms with Crippen molar-refractivity contribution in [1.29, 1.82) is 0 Å². The Morgan fingerprint density at radius 1 is 0.920 bits per heavy atom. The van der Waals surface area contributed by atoms with Gasteiger partial charge in [-0.1, -0.05) is 95.0 Å². The van der Waals surface area contributed by atoms with Gasteiger partial charge in [-0.05, 0) is 36.5 Å². The van der Waals surface area contributed by atoms with E-state index in [0.29, 0.717) is 0 Å². The third-order valence-electron chi connectivity index (χ3n) is 5.93. The summed E-state index contributed by atoms with van der Waals surface area (Å²) in [6, 6.07) is 13.4. The summed E-state index contributed by atoms with van der Waals surface area (Å²) in [6.45, 7) is 2.31. The maximum atomic E-state index is 5.23. The molecular weight excluding hydrogens is 320 g/mol. The molecule has 0 aliphatic carbocycles. The molecule has 1 aliphatic heterocycles. The van der Waals surface area contributed by atoms with Crippen LogP contribution in [0.5, 0.6) is 5.75 Å². The predicted octanol–water partition coefficient (Wildman–Crippen LogP) is 7.28. The van der Waals surface area contributed by atoms with Crippen molar-refractivity contribution in [2.75, 3.05) is 7.11 Å². The van der Waals surface area contributed by atoms with Gasteiger partial charge in [-0.3, -0.25) is 0 Å². The molecule has 2 rings (SSSR count). The van der Waals surface area contributed by atoms with Crippen molar-refractivity contribution in [2.45, 2.75) is 95.7 Å². The fourth-order valence-electron chi connectivity index (χ4n) is 4.16. The standard InChI is InChI=1S/C23H39OSi/c1-3-4-5-6-9-18-25-19-16-22(17-20-25)11-8-7-10-21-12-14-23(24-2)15-13-21/h12-15,22H,3-11,16-20H2,1-2H3. The Bertz CT molecular complexity index is 434. The Labute approximate surface area is 158 Å². The van der Waals surface area contributed by atoms with Crippen LogP contribution in [0.2, 0.25) is 18.1 Å². The predicted molar refractivity (Wildman–Crippen MR) is 112 cm³/mol. The Morgan fingerprint density at radius 2 is 1.64 bits per heavy atom. The van der Waals surface area contributed by atoms with E-state index in [1.807, 2.05) is 0 Å². The molecule has 1 aromatic carbocycles. The molecule has 0 atom stereocenters. The molecule has 1 saturated heterocycles. The van der Waals surface area contributed by atoms with E-state index in [-0.39, 0.29) is 8.80 Å². The summed E-state index contributed by atoms with van der Waals surface area (Å²) in [4.78, 5) is 0. The number of unbranched alkanes of at least 4 members (excludes halogenated alkanes) is 5. The number of benzene rings is 1. The maximum absolute atomic E-state index is 5.23. The minimum atomic E-state index is 0.0414. The molecule has 1 nitrogen and oxygen atoms in total. The minimum Gasteiger partial charge on any atom is -0.497 e. The number of methoxy groups -OCH3 is 1. The van der Waals surface area contributed by atoms with Crippen LogP contribution < -0.4 is 4.74 Å². The SMILES string of the molecule is CCCCCCC[Si]1CCC(CCCCc2ccc(OC)cc2)CC1. The van der Waals surface area contributed by atoms with Gasteiger partial charge in [0.25, 0.3) is 0 Å². The first-order valence-electron chi connectivity index (χ1n) is 10.8. The van der Waals surface area contributed by atoms with Gasteiger partial charge in [-0.25, -0.2) is 0 Å². The number of ether oxygens (including phenoxy) is 1. The van der Waals surface area contributed by atoms with Crippen molar-refractivity contribution in [3.05, 3.63) is 29.8 Å². The molecule has 0 saturated carbocycles. The van der Waals surface area contributed by atoms with Crippen LogP contribution in [0, 0.1) is 5.92 Å². The molecule has 0 spiro atoms. The zero-order valence-electron chi connectivity index (χ0n) is 16.7. The lowest BCUT2D eigenvalue weighted by molar-refractivity contribution is 0.414. The molecule has 0 amide bonds. The van der Waals surface area contributed by atoms with Crippen molar-refractivity contribution >= 4 is 8.80 Å². The van der Waals surface area contributed by atoms with Gasteiger partial charge in [0.2, 0.25) is 0 Å². The van der Waals surface area contributed by atoms with E-state index in [1.165, 1.54) is 63.4 Å². The molecular formula is C23H39OSi.